The predicted molar refractivity (Wildman–Crippen MR) is 75.4 cm³/mol. The van der Waals surface area contributed by atoms with E-state index in [1.165, 1.54) is 6.92 Å². The molecule has 2 N–H and O–H groups in total. The van der Waals surface area contributed by atoms with E-state index in [0.29, 0.717) is 29.5 Å². The fourth-order valence-corrected chi connectivity index (χ4v) is 1.32. The van der Waals surface area contributed by atoms with Crippen LogP contribution in [0.1, 0.15) is 37.6 Å². The molecule has 0 bridgehead atoms. The minimum atomic E-state index is -0.0719. The van der Waals surface area contributed by atoms with Crippen LogP contribution in [0, 0.1) is 5.92 Å². The molecule has 0 aliphatic carbocycles. The summed E-state index contributed by atoms with van der Waals surface area (Å²) in [5.41, 5.74) is 7.17. The molecule has 1 heterocycles. The van der Waals surface area contributed by atoms with Crippen LogP contribution in [-0.2, 0) is 0 Å². The molecule has 96 valence electrons. The highest BCUT2D eigenvalue weighted by molar-refractivity contribution is 5.98. The lowest BCUT2D eigenvalue weighted by Gasteiger charge is -2.05. The quantitative estimate of drug-likeness (QED) is 0.492. The van der Waals surface area contributed by atoms with Crippen molar-refractivity contribution in [2.75, 3.05) is 5.73 Å². The number of anilines is 1. The number of rotatable bonds is 5. The van der Waals surface area contributed by atoms with Gasteiger partial charge in [-0.05, 0) is 25.0 Å². The van der Waals surface area contributed by atoms with Gasteiger partial charge in [0.2, 0.25) is 0 Å². The number of ketones is 1. The molecule has 0 unspecified atom stereocenters. The van der Waals surface area contributed by atoms with Crippen molar-refractivity contribution in [1.82, 2.24) is 4.98 Å². The predicted octanol–water partition coefficient (Wildman–Crippen LogP) is 3.17. The van der Waals surface area contributed by atoms with Gasteiger partial charge < -0.3 is 5.73 Å². The van der Waals surface area contributed by atoms with Gasteiger partial charge in [-0.1, -0.05) is 26.0 Å². The van der Waals surface area contributed by atoms with Gasteiger partial charge in [-0.15, -0.1) is 0 Å². The summed E-state index contributed by atoms with van der Waals surface area (Å²) in [6.45, 7) is 9.60. The molecule has 0 atom stereocenters. The summed E-state index contributed by atoms with van der Waals surface area (Å²) < 4.78 is 0. The number of pyridine rings is 1. The average molecular weight is 245 g/mol. The van der Waals surface area contributed by atoms with Crippen molar-refractivity contribution in [1.29, 1.82) is 0 Å². The molecule has 0 fully saturated rings. The maximum Gasteiger partial charge on any atom is 0.164 e. The average Bonchev–Trinajstić information content (AvgIpc) is 2.28. The number of hydrogen-bond donors (Lipinski definition) is 1. The standard InChI is InChI=1S/C14H19N3O/c1-9(2)10(3)7-8-16-14-12(11(4)18)5-6-13(15)17-14/h5-6,8-9H,3,7H2,1-2,4H3,(H2,15,17)/b16-8-. The van der Waals surface area contributed by atoms with Gasteiger partial charge in [0.1, 0.15) is 5.82 Å². The molecule has 1 aromatic heterocycles. The Morgan fingerprint density at radius 3 is 2.78 bits per heavy atom. The van der Waals surface area contributed by atoms with Crippen molar-refractivity contribution in [3.63, 3.8) is 0 Å². The number of carbonyl (C=O) groups is 1. The van der Waals surface area contributed by atoms with Crippen LogP contribution in [0.4, 0.5) is 11.6 Å². The summed E-state index contributed by atoms with van der Waals surface area (Å²) in [5, 5.41) is 0. The molecule has 1 aromatic rings. The molecule has 0 aliphatic heterocycles. The zero-order valence-corrected chi connectivity index (χ0v) is 11.1. The third-order valence-electron chi connectivity index (χ3n) is 2.66. The van der Waals surface area contributed by atoms with Gasteiger partial charge in [-0.2, -0.15) is 0 Å². The number of Topliss-reactive ketones (excluding diaryl/α,β-unsaturated/α-hetero) is 1. The summed E-state index contributed by atoms with van der Waals surface area (Å²) in [4.78, 5) is 19.7. The normalized spacial score (nSPS) is 11.1. The second-order valence-electron chi connectivity index (χ2n) is 4.49. The number of allylic oxidation sites excluding steroid dienone is 1. The van der Waals surface area contributed by atoms with Crippen molar-refractivity contribution >= 4 is 23.6 Å². The number of hydrogen-bond acceptors (Lipinski definition) is 4. The monoisotopic (exact) mass is 245 g/mol. The summed E-state index contributed by atoms with van der Waals surface area (Å²) >= 11 is 0. The van der Waals surface area contributed by atoms with Gasteiger partial charge >= 0.3 is 0 Å². The Labute approximate surface area is 108 Å². The Kier molecular flexibility index (Phi) is 4.77. The van der Waals surface area contributed by atoms with Crippen LogP contribution >= 0.6 is 0 Å². The number of aromatic nitrogens is 1. The smallest absolute Gasteiger partial charge is 0.164 e. The zero-order chi connectivity index (χ0) is 13.7. The Hall–Kier alpha value is -1.97. The lowest BCUT2D eigenvalue weighted by molar-refractivity contribution is 0.101. The van der Waals surface area contributed by atoms with Crippen LogP contribution in [0.25, 0.3) is 0 Å². The maximum absolute atomic E-state index is 11.4. The second-order valence-corrected chi connectivity index (χ2v) is 4.49. The fourth-order valence-electron chi connectivity index (χ4n) is 1.32. The molecule has 4 nitrogen and oxygen atoms in total. The first-order valence-corrected chi connectivity index (χ1v) is 5.89. The van der Waals surface area contributed by atoms with E-state index in [1.807, 2.05) is 0 Å². The van der Waals surface area contributed by atoms with E-state index >= 15 is 0 Å². The maximum atomic E-state index is 11.4. The first-order chi connectivity index (χ1) is 8.41. The Morgan fingerprint density at radius 1 is 1.56 bits per heavy atom. The number of aliphatic imine (C=N–C) groups is 1. The van der Waals surface area contributed by atoms with Crippen molar-refractivity contribution in [2.45, 2.75) is 27.2 Å². The Balaban J connectivity index is 2.89. The first-order valence-electron chi connectivity index (χ1n) is 5.89. The molecule has 0 amide bonds. The van der Waals surface area contributed by atoms with E-state index in [1.54, 1.807) is 18.3 Å². The van der Waals surface area contributed by atoms with Crippen molar-refractivity contribution in [2.24, 2.45) is 10.9 Å². The molecular formula is C14H19N3O. The lowest BCUT2D eigenvalue weighted by Crippen LogP contribution is -1.98. The van der Waals surface area contributed by atoms with E-state index in [9.17, 15) is 4.79 Å². The van der Waals surface area contributed by atoms with Crippen LogP contribution < -0.4 is 5.73 Å². The lowest BCUT2D eigenvalue weighted by atomic mass is 10.0. The van der Waals surface area contributed by atoms with Gasteiger partial charge in [0.15, 0.2) is 11.6 Å². The summed E-state index contributed by atoms with van der Waals surface area (Å²) in [6.07, 6.45) is 2.39. The minimum absolute atomic E-state index is 0.0719. The molecule has 0 spiro atoms. The molecular weight excluding hydrogens is 226 g/mol. The number of nitrogen functional groups attached to an aromatic ring is 1. The summed E-state index contributed by atoms with van der Waals surface area (Å²) in [7, 11) is 0. The van der Waals surface area contributed by atoms with Crippen molar-refractivity contribution in [3.8, 4) is 0 Å². The highest BCUT2D eigenvalue weighted by atomic mass is 16.1. The van der Waals surface area contributed by atoms with E-state index < -0.39 is 0 Å². The van der Waals surface area contributed by atoms with Gasteiger partial charge in [0, 0.05) is 12.6 Å². The fraction of sp³-hybridized carbons (Fsp3) is 0.357. The largest absolute Gasteiger partial charge is 0.384 e. The minimum Gasteiger partial charge on any atom is -0.384 e. The van der Waals surface area contributed by atoms with Gasteiger partial charge in [0.25, 0.3) is 0 Å². The van der Waals surface area contributed by atoms with Gasteiger partial charge in [-0.3, -0.25) is 4.79 Å². The molecule has 0 saturated carbocycles. The molecule has 0 saturated heterocycles. The van der Waals surface area contributed by atoms with Crippen molar-refractivity contribution < 1.29 is 4.79 Å². The Morgan fingerprint density at radius 2 is 2.22 bits per heavy atom. The zero-order valence-electron chi connectivity index (χ0n) is 11.1. The van der Waals surface area contributed by atoms with Gasteiger partial charge in [0.05, 0.1) is 5.56 Å². The molecule has 0 aromatic carbocycles. The van der Waals surface area contributed by atoms with E-state index in [0.717, 1.165) is 5.57 Å². The van der Waals surface area contributed by atoms with Crippen LogP contribution in [0.3, 0.4) is 0 Å². The van der Waals surface area contributed by atoms with Crippen LogP contribution in [0.2, 0.25) is 0 Å². The molecule has 4 heteroatoms. The van der Waals surface area contributed by atoms with Gasteiger partial charge in [-0.25, -0.2) is 9.98 Å². The number of nitrogens with zero attached hydrogens (tertiary/aromatic N) is 2. The SMILES string of the molecule is C=C(C/C=N\c1nc(N)ccc1C(C)=O)C(C)C. The third-order valence-corrected chi connectivity index (χ3v) is 2.66. The summed E-state index contributed by atoms with van der Waals surface area (Å²) in [5.74, 6) is 1.07. The van der Waals surface area contributed by atoms with Crippen LogP contribution in [0.15, 0.2) is 29.3 Å². The first kappa shape index (κ1) is 14.1. The highest BCUT2D eigenvalue weighted by Crippen LogP contribution is 2.19. The molecule has 1 rings (SSSR count). The van der Waals surface area contributed by atoms with Crippen LogP contribution in [-0.4, -0.2) is 17.0 Å². The highest BCUT2D eigenvalue weighted by Gasteiger charge is 2.07. The molecule has 18 heavy (non-hydrogen) atoms. The van der Waals surface area contributed by atoms with E-state index in [2.05, 4.69) is 30.4 Å². The second kappa shape index (κ2) is 6.10. The number of carbonyl (C=O) groups excluding carboxylic acids is 1. The van der Waals surface area contributed by atoms with Crippen LogP contribution in [0.5, 0.6) is 0 Å². The topological polar surface area (TPSA) is 68.3 Å². The van der Waals surface area contributed by atoms with Crippen molar-refractivity contribution in [3.05, 3.63) is 29.8 Å². The summed E-state index contributed by atoms with van der Waals surface area (Å²) in [6, 6.07) is 3.25. The van der Waals surface area contributed by atoms with E-state index in [4.69, 9.17) is 5.73 Å². The number of nitrogens with two attached hydrogens (primary N) is 1. The molecule has 0 radical (unpaired) electrons. The molecule has 0 aliphatic rings. The third kappa shape index (κ3) is 3.80. The van der Waals surface area contributed by atoms with E-state index in [-0.39, 0.29) is 5.78 Å². The Bertz CT molecular complexity index is 490.